The predicted molar refractivity (Wildman–Crippen MR) is 63.1 cm³/mol. The van der Waals surface area contributed by atoms with Crippen molar-refractivity contribution in [1.29, 1.82) is 0 Å². The molecule has 3 heterocycles. The van der Waals surface area contributed by atoms with E-state index in [1.807, 2.05) is 11.7 Å². The third-order valence-electron chi connectivity index (χ3n) is 3.97. The molecule has 1 aromatic rings. The molecule has 2 saturated heterocycles. The molecule has 2 aliphatic heterocycles. The van der Waals surface area contributed by atoms with Crippen LogP contribution in [0.2, 0.25) is 0 Å². The van der Waals surface area contributed by atoms with Crippen molar-refractivity contribution >= 4 is 0 Å². The van der Waals surface area contributed by atoms with Crippen LogP contribution < -0.4 is 5.32 Å². The molecule has 0 bridgehead atoms. The zero-order valence-corrected chi connectivity index (χ0v) is 10.1. The molecule has 1 aromatic heterocycles. The van der Waals surface area contributed by atoms with Gasteiger partial charge in [-0.05, 0) is 31.8 Å². The van der Waals surface area contributed by atoms with E-state index < -0.39 is 0 Å². The van der Waals surface area contributed by atoms with Gasteiger partial charge in [0, 0.05) is 38.4 Å². The summed E-state index contributed by atoms with van der Waals surface area (Å²) < 4.78 is 1.92. The average molecular weight is 220 g/mol. The van der Waals surface area contributed by atoms with Crippen LogP contribution in [0.4, 0.5) is 0 Å². The second-order valence-electron chi connectivity index (χ2n) is 5.29. The molecule has 0 amide bonds. The van der Waals surface area contributed by atoms with E-state index in [2.05, 4.69) is 28.4 Å². The molecule has 16 heavy (non-hydrogen) atoms. The molecule has 0 aromatic carbocycles. The van der Waals surface area contributed by atoms with E-state index in [0.29, 0.717) is 0 Å². The van der Waals surface area contributed by atoms with Crippen molar-refractivity contribution in [2.24, 2.45) is 18.9 Å². The van der Waals surface area contributed by atoms with Crippen LogP contribution in [0.25, 0.3) is 0 Å². The van der Waals surface area contributed by atoms with Gasteiger partial charge in [-0.1, -0.05) is 0 Å². The molecule has 2 unspecified atom stereocenters. The molecule has 2 aliphatic rings. The van der Waals surface area contributed by atoms with Crippen LogP contribution in [-0.4, -0.2) is 40.9 Å². The van der Waals surface area contributed by atoms with Crippen molar-refractivity contribution < 1.29 is 0 Å². The Labute approximate surface area is 96.6 Å². The van der Waals surface area contributed by atoms with E-state index >= 15 is 0 Å². The van der Waals surface area contributed by atoms with Crippen LogP contribution in [0.1, 0.15) is 11.3 Å². The summed E-state index contributed by atoms with van der Waals surface area (Å²) >= 11 is 0. The second-order valence-corrected chi connectivity index (χ2v) is 5.29. The summed E-state index contributed by atoms with van der Waals surface area (Å²) in [6, 6.07) is 0. The molecule has 2 fully saturated rings. The molecule has 1 N–H and O–H groups in total. The quantitative estimate of drug-likeness (QED) is 0.782. The Hall–Kier alpha value is -0.870. The molecule has 0 aliphatic carbocycles. The standard InChI is InChI=1S/C12H20N4/c1-9-12(5-15(2)14-9)8-16-6-10-3-13-4-11(10)7-16/h5,10-11,13H,3-4,6-8H2,1-2H3. The summed E-state index contributed by atoms with van der Waals surface area (Å²) in [5.41, 5.74) is 2.56. The van der Waals surface area contributed by atoms with E-state index in [4.69, 9.17) is 0 Å². The second kappa shape index (κ2) is 3.86. The summed E-state index contributed by atoms with van der Waals surface area (Å²) in [7, 11) is 2.00. The number of hydrogen-bond donors (Lipinski definition) is 1. The topological polar surface area (TPSA) is 33.1 Å². The average Bonchev–Trinajstić information content (AvgIpc) is 2.82. The van der Waals surface area contributed by atoms with Crippen molar-refractivity contribution in [3.63, 3.8) is 0 Å². The Morgan fingerprint density at radius 1 is 1.38 bits per heavy atom. The minimum absolute atomic E-state index is 0.886. The minimum Gasteiger partial charge on any atom is -0.316 e. The molecule has 0 saturated carbocycles. The lowest BCUT2D eigenvalue weighted by Crippen LogP contribution is -2.25. The maximum Gasteiger partial charge on any atom is 0.0638 e. The first kappa shape index (κ1) is 10.3. The highest BCUT2D eigenvalue weighted by Gasteiger charge is 2.35. The normalized spacial score (nSPS) is 29.9. The molecule has 88 valence electrons. The Kier molecular flexibility index (Phi) is 2.48. The first-order chi connectivity index (χ1) is 7.72. The van der Waals surface area contributed by atoms with Gasteiger partial charge in [0.2, 0.25) is 0 Å². The van der Waals surface area contributed by atoms with Gasteiger partial charge >= 0.3 is 0 Å². The lowest BCUT2D eigenvalue weighted by Gasteiger charge is -2.16. The van der Waals surface area contributed by atoms with Crippen LogP contribution in [0.3, 0.4) is 0 Å². The smallest absolute Gasteiger partial charge is 0.0638 e. The third-order valence-corrected chi connectivity index (χ3v) is 3.97. The van der Waals surface area contributed by atoms with Crippen molar-refractivity contribution in [2.75, 3.05) is 26.2 Å². The maximum absolute atomic E-state index is 4.40. The fourth-order valence-electron chi connectivity index (χ4n) is 3.13. The van der Waals surface area contributed by atoms with Gasteiger partial charge in [-0.15, -0.1) is 0 Å². The number of nitrogens with zero attached hydrogens (tertiary/aromatic N) is 3. The first-order valence-electron chi connectivity index (χ1n) is 6.14. The number of aromatic nitrogens is 2. The van der Waals surface area contributed by atoms with E-state index in [1.54, 1.807) is 0 Å². The van der Waals surface area contributed by atoms with Crippen molar-refractivity contribution in [3.8, 4) is 0 Å². The Morgan fingerprint density at radius 2 is 2.06 bits per heavy atom. The summed E-state index contributed by atoms with van der Waals surface area (Å²) in [5, 5.41) is 7.88. The summed E-state index contributed by atoms with van der Waals surface area (Å²) in [6.07, 6.45) is 2.15. The zero-order chi connectivity index (χ0) is 11.1. The van der Waals surface area contributed by atoms with E-state index in [1.165, 1.54) is 37.4 Å². The lowest BCUT2D eigenvalue weighted by molar-refractivity contribution is 0.305. The highest BCUT2D eigenvalue weighted by molar-refractivity contribution is 5.15. The Bertz CT molecular complexity index is 372. The molecular formula is C12H20N4. The highest BCUT2D eigenvalue weighted by atomic mass is 15.3. The van der Waals surface area contributed by atoms with Gasteiger partial charge in [-0.3, -0.25) is 9.58 Å². The highest BCUT2D eigenvalue weighted by Crippen LogP contribution is 2.27. The van der Waals surface area contributed by atoms with Gasteiger partial charge in [0.15, 0.2) is 0 Å². The van der Waals surface area contributed by atoms with Gasteiger partial charge in [-0.25, -0.2) is 0 Å². The lowest BCUT2D eigenvalue weighted by atomic mass is 10.0. The number of aryl methyl sites for hydroxylation is 2. The van der Waals surface area contributed by atoms with Crippen LogP contribution >= 0.6 is 0 Å². The van der Waals surface area contributed by atoms with Crippen molar-refractivity contribution in [3.05, 3.63) is 17.5 Å². The number of nitrogens with one attached hydrogen (secondary N) is 1. The monoisotopic (exact) mass is 220 g/mol. The largest absolute Gasteiger partial charge is 0.316 e. The van der Waals surface area contributed by atoms with Gasteiger partial charge in [0.05, 0.1) is 5.69 Å². The summed E-state index contributed by atoms with van der Waals surface area (Å²) in [6.45, 7) is 8.12. The SMILES string of the molecule is Cc1nn(C)cc1CN1CC2CNCC2C1. The maximum atomic E-state index is 4.40. The Morgan fingerprint density at radius 3 is 2.62 bits per heavy atom. The first-order valence-corrected chi connectivity index (χ1v) is 6.14. The van der Waals surface area contributed by atoms with Crippen LogP contribution in [0.5, 0.6) is 0 Å². The predicted octanol–water partition coefficient (Wildman–Crippen LogP) is 0.380. The van der Waals surface area contributed by atoms with Gasteiger partial charge < -0.3 is 5.32 Å². The Balaban J connectivity index is 1.66. The van der Waals surface area contributed by atoms with Crippen LogP contribution in [-0.2, 0) is 13.6 Å². The third kappa shape index (κ3) is 1.76. The van der Waals surface area contributed by atoms with Gasteiger partial charge in [0.25, 0.3) is 0 Å². The molecular weight excluding hydrogens is 200 g/mol. The molecule has 4 nitrogen and oxygen atoms in total. The molecule has 0 spiro atoms. The fraction of sp³-hybridized carbons (Fsp3) is 0.750. The number of likely N-dealkylation sites (tertiary alicyclic amines) is 1. The molecule has 3 rings (SSSR count). The van der Waals surface area contributed by atoms with E-state index in [0.717, 1.165) is 18.4 Å². The molecule has 2 atom stereocenters. The number of fused-ring (bicyclic) bond motifs is 1. The summed E-state index contributed by atoms with van der Waals surface area (Å²) in [4.78, 5) is 2.58. The van der Waals surface area contributed by atoms with Gasteiger partial charge in [-0.2, -0.15) is 5.10 Å². The zero-order valence-electron chi connectivity index (χ0n) is 10.1. The molecule has 0 radical (unpaired) electrons. The van der Waals surface area contributed by atoms with E-state index in [9.17, 15) is 0 Å². The summed E-state index contributed by atoms with van der Waals surface area (Å²) in [5.74, 6) is 1.77. The number of rotatable bonds is 2. The van der Waals surface area contributed by atoms with Crippen LogP contribution in [0.15, 0.2) is 6.20 Å². The van der Waals surface area contributed by atoms with E-state index in [-0.39, 0.29) is 0 Å². The van der Waals surface area contributed by atoms with Crippen molar-refractivity contribution in [1.82, 2.24) is 20.0 Å². The molecule has 4 heteroatoms. The van der Waals surface area contributed by atoms with Crippen molar-refractivity contribution in [2.45, 2.75) is 13.5 Å². The van der Waals surface area contributed by atoms with Gasteiger partial charge in [0.1, 0.15) is 0 Å². The minimum atomic E-state index is 0.886. The number of hydrogen-bond acceptors (Lipinski definition) is 3. The fourth-order valence-corrected chi connectivity index (χ4v) is 3.13. The van der Waals surface area contributed by atoms with Crippen LogP contribution in [0, 0.1) is 18.8 Å².